The molecule has 5 nitrogen and oxygen atoms in total. The average molecular weight is 296 g/mol. The SMILES string of the molecule is CC1(NS(=O)(=O)c2ccc3c(c2)NCC3)CCCOC1. The van der Waals surface area contributed by atoms with E-state index in [1.807, 2.05) is 13.0 Å². The minimum absolute atomic E-state index is 0.317. The van der Waals surface area contributed by atoms with Crippen LogP contribution in [0.1, 0.15) is 25.3 Å². The molecule has 20 heavy (non-hydrogen) atoms. The van der Waals surface area contributed by atoms with Gasteiger partial charge >= 0.3 is 0 Å². The van der Waals surface area contributed by atoms with Crippen LogP contribution in [0, 0.1) is 0 Å². The van der Waals surface area contributed by atoms with Crippen LogP contribution < -0.4 is 10.0 Å². The molecule has 2 N–H and O–H groups in total. The van der Waals surface area contributed by atoms with Gasteiger partial charge in [0, 0.05) is 18.8 Å². The zero-order chi connectivity index (χ0) is 14.2. The maximum absolute atomic E-state index is 12.5. The molecule has 0 amide bonds. The molecule has 0 spiro atoms. The highest BCUT2D eigenvalue weighted by molar-refractivity contribution is 7.89. The van der Waals surface area contributed by atoms with E-state index in [0.717, 1.165) is 31.5 Å². The number of sulfonamides is 1. The van der Waals surface area contributed by atoms with Crippen LogP contribution in [0.5, 0.6) is 0 Å². The average Bonchev–Trinajstić information content (AvgIpc) is 2.85. The highest BCUT2D eigenvalue weighted by atomic mass is 32.2. The van der Waals surface area contributed by atoms with Gasteiger partial charge in [0.05, 0.1) is 17.0 Å². The van der Waals surface area contributed by atoms with Gasteiger partial charge in [0.25, 0.3) is 0 Å². The van der Waals surface area contributed by atoms with E-state index in [2.05, 4.69) is 10.0 Å². The number of benzene rings is 1. The van der Waals surface area contributed by atoms with Crippen LogP contribution >= 0.6 is 0 Å². The third-order valence-electron chi connectivity index (χ3n) is 3.92. The van der Waals surface area contributed by atoms with E-state index in [-0.39, 0.29) is 0 Å². The van der Waals surface area contributed by atoms with E-state index in [1.165, 1.54) is 5.56 Å². The Kier molecular flexibility index (Phi) is 3.48. The molecule has 1 unspecified atom stereocenters. The lowest BCUT2D eigenvalue weighted by Crippen LogP contribution is -2.51. The molecule has 1 aromatic rings. The fourth-order valence-electron chi connectivity index (χ4n) is 2.83. The first-order chi connectivity index (χ1) is 9.49. The molecular weight excluding hydrogens is 276 g/mol. The topological polar surface area (TPSA) is 67.4 Å². The van der Waals surface area contributed by atoms with E-state index in [1.54, 1.807) is 12.1 Å². The van der Waals surface area contributed by atoms with Gasteiger partial charge in [-0.05, 0) is 43.9 Å². The molecule has 0 radical (unpaired) electrons. The molecule has 1 saturated heterocycles. The number of ether oxygens (including phenoxy) is 1. The fourth-order valence-corrected chi connectivity index (χ4v) is 4.28. The van der Waals surface area contributed by atoms with Crippen LogP contribution in [0.25, 0.3) is 0 Å². The van der Waals surface area contributed by atoms with Crippen molar-refractivity contribution in [3.63, 3.8) is 0 Å². The van der Waals surface area contributed by atoms with E-state index in [0.29, 0.717) is 18.1 Å². The van der Waals surface area contributed by atoms with Crippen molar-refractivity contribution in [3.8, 4) is 0 Å². The van der Waals surface area contributed by atoms with Gasteiger partial charge in [0.15, 0.2) is 0 Å². The molecule has 3 rings (SSSR count). The summed E-state index contributed by atoms with van der Waals surface area (Å²) < 4.78 is 33.2. The molecule has 0 saturated carbocycles. The first kappa shape index (κ1) is 13.9. The minimum atomic E-state index is -3.51. The van der Waals surface area contributed by atoms with Gasteiger partial charge in [-0.1, -0.05) is 6.07 Å². The largest absolute Gasteiger partial charge is 0.384 e. The van der Waals surface area contributed by atoms with Gasteiger partial charge in [-0.25, -0.2) is 13.1 Å². The number of hydrogen-bond donors (Lipinski definition) is 2. The lowest BCUT2D eigenvalue weighted by atomic mass is 9.97. The molecule has 2 aliphatic rings. The molecule has 1 aromatic carbocycles. The van der Waals surface area contributed by atoms with Crippen LogP contribution in [0.2, 0.25) is 0 Å². The highest BCUT2D eigenvalue weighted by Gasteiger charge is 2.33. The number of anilines is 1. The Morgan fingerprint density at radius 3 is 3.00 bits per heavy atom. The number of rotatable bonds is 3. The summed E-state index contributed by atoms with van der Waals surface area (Å²) in [5.74, 6) is 0. The lowest BCUT2D eigenvalue weighted by Gasteiger charge is -2.33. The molecule has 6 heteroatoms. The van der Waals surface area contributed by atoms with E-state index in [9.17, 15) is 8.42 Å². The van der Waals surface area contributed by atoms with Gasteiger partial charge < -0.3 is 10.1 Å². The molecule has 2 aliphatic heterocycles. The quantitative estimate of drug-likeness (QED) is 0.887. The van der Waals surface area contributed by atoms with Crippen molar-refractivity contribution in [3.05, 3.63) is 23.8 Å². The summed E-state index contributed by atoms with van der Waals surface area (Å²) in [5.41, 5.74) is 1.60. The van der Waals surface area contributed by atoms with Crippen LogP contribution in [0.4, 0.5) is 5.69 Å². The minimum Gasteiger partial charge on any atom is -0.384 e. The standard InChI is InChI=1S/C14H20N2O3S/c1-14(6-2-8-19-10-14)16-20(17,18)12-4-3-11-5-7-15-13(11)9-12/h3-4,9,15-16H,2,5-8,10H2,1H3. The lowest BCUT2D eigenvalue weighted by molar-refractivity contribution is 0.0386. The van der Waals surface area contributed by atoms with Gasteiger partial charge in [0.1, 0.15) is 0 Å². The van der Waals surface area contributed by atoms with Crippen LogP contribution in [-0.2, 0) is 21.2 Å². The maximum Gasteiger partial charge on any atom is 0.241 e. The first-order valence-corrected chi connectivity index (χ1v) is 8.45. The maximum atomic E-state index is 12.5. The predicted molar refractivity (Wildman–Crippen MR) is 77.4 cm³/mol. The van der Waals surface area contributed by atoms with Crippen molar-refractivity contribution in [2.45, 2.75) is 36.6 Å². The molecule has 1 fully saturated rings. The molecule has 1 atom stereocenters. The molecule has 110 valence electrons. The van der Waals surface area contributed by atoms with Crippen LogP contribution in [-0.4, -0.2) is 33.7 Å². The number of hydrogen-bond acceptors (Lipinski definition) is 4. The summed E-state index contributed by atoms with van der Waals surface area (Å²) in [7, 11) is -3.51. The molecule has 0 bridgehead atoms. The van der Waals surface area contributed by atoms with Crippen molar-refractivity contribution < 1.29 is 13.2 Å². The monoisotopic (exact) mass is 296 g/mol. The van der Waals surface area contributed by atoms with Gasteiger partial charge in [-0.15, -0.1) is 0 Å². The zero-order valence-electron chi connectivity index (χ0n) is 11.6. The molecule has 0 aliphatic carbocycles. The van der Waals surface area contributed by atoms with E-state index in [4.69, 9.17) is 4.74 Å². The normalized spacial score (nSPS) is 26.1. The van der Waals surface area contributed by atoms with Crippen molar-refractivity contribution in [2.24, 2.45) is 0 Å². The number of nitrogens with one attached hydrogen (secondary N) is 2. The van der Waals surface area contributed by atoms with Gasteiger partial charge in [-0.2, -0.15) is 0 Å². The molecule has 0 aromatic heterocycles. The first-order valence-electron chi connectivity index (χ1n) is 6.97. The number of fused-ring (bicyclic) bond motifs is 1. The Morgan fingerprint density at radius 2 is 2.25 bits per heavy atom. The van der Waals surface area contributed by atoms with Crippen molar-refractivity contribution in [1.82, 2.24) is 4.72 Å². The molecule has 2 heterocycles. The van der Waals surface area contributed by atoms with Crippen LogP contribution in [0.3, 0.4) is 0 Å². The van der Waals surface area contributed by atoms with Crippen molar-refractivity contribution >= 4 is 15.7 Å². The summed E-state index contributed by atoms with van der Waals surface area (Å²) in [6.07, 6.45) is 2.63. The highest BCUT2D eigenvalue weighted by Crippen LogP contribution is 2.27. The third kappa shape index (κ3) is 2.68. The van der Waals surface area contributed by atoms with E-state index < -0.39 is 15.6 Å². The van der Waals surface area contributed by atoms with Gasteiger partial charge in [-0.3, -0.25) is 0 Å². The molecular formula is C14H20N2O3S. The zero-order valence-corrected chi connectivity index (χ0v) is 12.4. The summed E-state index contributed by atoms with van der Waals surface area (Å²) in [6, 6.07) is 5.29. The van der Waals surface area contributed by atoms with Crippen LogP contribution in [0.15, 0.2) is 23.1 Å². The summed E-state index contributed by atoms with van der Waals surface area (Å²) in [4.78, 5) is 0.317. The Labute approximate surface area is 119 Å². The Balaban J connectivity index is 1.84. The van der Waals surface area contributed by atoms with Gasteiger partial charge in [0.2, 0.25) is 10.0 Å². The Hall–Kier alpha value is -1.11. The second-order valence-electron chi connectivity index (χ2n) is 5.82. The fraction of sp³-hybridized carbons (Fsp3) is 0.571. The summed E-state index contributed by atoms with van der Waals surface area (Å²) >= 11 is 0. The van der Waals surface area contributed by atoms with Crippen molar-refractivity contribution in [1.29, 1.82) is 0 Å². The summed E-state index contributed by atoms with van der Waals surface area (Å²) in [6.45, 7) is 3.91. The Morgan fingerprint density at radius 1 is 1.40 bits per heavy atom. The second-order valence-corrected chi connectivity index (χ2v) is 7.50. The Bertz CT molecular complexity index is 607. The summed E-state index contributed by atoms with van der Waals surface area (Å²) in [5, 5.41) is 3.21. The smallest absolute Gasteiger partial charge is 0.241 e. The third-order valence-corrected chi connectivity index (χ3v) is 5.56. The van der Waals surface area contributed by atoms with E-state index >= 15 is 0 Å². The van der Waals surface area contributed by atoms with Crippen molar-refractivity contribution in [2.75, 3.05) is 25.1 Å². The predicted octanol–water partition coefficient (Wildman–Crippen LogP) is 1.50. The second kappa shape index (κ2) is 5.02.